The lowest BCUT2D eigenvalue weighted by Gasteiger charge is -2.39. The molecule has 1 aromatic heterocycles. The molecule has 0 bridgehead atoms. The second kappa shape index (κ2) is 5.37. The minimum absolute atomic E-state index is 0.668. The zero-order chi connectivity index (χ0) is 12.4. The van der Waals surface area contributed by atoms with Crippen molar-refractivity contribution in [1.82, 2.24) is 15.2 Å². The number of hydrogen-bond acceptors (Lipinski definition) is 3. The Morgan fingerprint density at radius 2 is 2.11 bits per heavy atom. The van der Waals surface area contributed by atoms with Crippen LogP contribution in [0.15, 0.2) is 24.5 Å². The van der Waals surface area contributed by atoms with Gasteiger partial charge in [-0.3, -0.25) is 9.88 Å². The van der Waals surface area contributed by atoms with Crippen molar-refractivity contribution in [2.45, 2.75) is 38.3 Å². The molecule has 1 saturated carbocycles. The summed E-state index contributed by atoms with van der Waals surface area (Å²) in [5, 5.41) is 3.71. The van der Waals surface area contributed by atoms with Crippen LogP contribution in [0.5, 0.6) is 0 Å². The van der Waals surface area contributed by atoms with Crippen LogP contribution in [0.2, 0.25) is 0 Å². The Morgan fingerprint density at radius 1 is 1.33 bits per heavy atom. The van der Waals surface area contributed by atoms with Crippen LogP contribution >= 0.6 is 0 Å². The van der Waals surface area contributed by atoms with Gasteiger partial charge in [0.1, 0.15) is 0 Å². The molecular weight excluding hydrogens is 222 g/mol. The zero-order valence-corrected chi connectivity index (χ0v) is 11.2. The van der Waals surface area contributed by atoms with Crippen molar-refractivity contribution in [2.75, 3.05) is 19.6 Å². The quantitative estimate of drug-likeness (QED) is 0.875. The second-order valence-electron chi connectivity index (χ2n) is 5.80. The van der Waals surface area contributed by atoms with Gasteiger partial charge in [0.2, 0.25) is 0 Å². The molecule has 3 rings (SSSR count). The highest BCUT2D eigenvalue weighted by molar-refractivity contribution is 5.10. The highest BCUT2D eigenvalue weighted by Crippen LogP contribution is 2.34. The van der Waals surface area contributed by atoms with Gasteiger partial charge in [0.15, 0.2) is 0 Å². The third kappa shape index (κ3) is 2.90. The van der Waals surface area contributed by atoms with Crippen molar-refractivity contribution in [2.24, 2.45) is 5.92 Å². The summed E-state index contributed by atoms with van der Waals surface area (Å²) in [5.41, 5.74) is 1.40. The maximum atomic E-state index is 4.08. The molecule has 18 heavy (non-hydrogen) atoms. The molecule has 1 aliphatic heterocycles. The second-order valence-corrected chi connectivity index (χ2v) is 5.80. The molecule has 0 radical (unpaired) electrons. The Balaban J connectivity index is 1.53. The van der Waals surface area contributed by atoms with Crippen molar-refractivity contribution in [3.05, 3.63) is 30.1 Å². The van der Waals surface area contributed by atoms with Gasteiger partial charge in [-0.05, 0) is 49.8 Å². The van der Waals surface area contributed by atoms with Crippen LogP contribution in [0.4, 0.5) is 0 Å². The first-order valence-electron chi connectivity index (χ1n) is 7.19. The van der Waals surface area contributed by atoms with Gasteiger partial charge in [-0.1, -0.05) is 0 Å². The molecule has 1 aromatic rings. The van der Waals surface area contributed by atoms with E-state index in [1.807, 2.05) is 12.4 Å². The van der Waals surface area contributed by atoms with Crippen molar-refractivity contribution >= 4 is 0 Å². The van der Waals surface area contributed by atoms with E-state index in [2.05, 4.69) is 34.3 Å². The van der Waals surface area contributed by atoms with Crippen LogP contribution in [0, 0.1) is 5.92 Å². The molecule has 1 aliphatic carbocycles. The van der Waals surface area contributed by atoms with Gasteiger partial charge in [-0.2, -0.15) is 0 Å². The monoisotopic (exact) mass is 245 g/mol. The summed E-state index contributed by atoms with van der Waals surface area (Å²) in [6, 6.07) is 5.68. The predicted octanol–water partition coefficient (Wildman–Crippen LogP) is 1.70. The summed E-state index contributed by atoms with van der Waals surface area (Å²) in [7, 11) is 0. The minimum atomic E-state index is 0.668. The van der Waals surface area contributed by atoms with Crippen LogP contribution in [-0.4, -0.2) is 41.6 Å². The molecule has 1 N–H and O–H groups in total. The molecule has 3 heteroatoms. The van der Waals surface area contributed by atoms with E-state index in [9.17, 15) is 0 Å². The molecular formula is C15H23N3. The Kier molecular flexibility index (Phi) is 3.62. The Hall–Kier alpha value is -0.930. The number of aromatic nitrogens is 1. The van der Waals surface area contributed by atoms with E-state index in [1.54, 1.807) is 0 Å². The number of piperazine rings is 1. The van der Waals surface area contributed by atoms with E-state index < -0.39 is 0 Å². The van der Waals surface area contributed by atoms with E-state index in [0.29, 0.717) is 6.04 Å². The predicted molar refractivity (Wildman–Crippen MR) is 73.5 cm³/mol. The largest absolute Gasteiger partial charge is 0.311 e. The molecule has 0 amide bonds. The zero-order valence-electron chi connectivity index (χ0n) is 11.2. The number of nitrogens with zero attached hydrogens (tertiary/aromatic N) is 2. The number of nitrogens with one attached hydrogen (secondary N) is 1. The van der Waals surface area contributed by atoms with Gasteiger partial charge < -0.3 is 5.32 Å². The van der Waals surface area contributed by atoms with Gasteiger partial charge in [-0.15, -0.1) is 0 Å². The average Bonchev–Trinajstić information content (AvgIpc) is 3.23. The lowest BCUT2D eigenvalue weighted by Crippen LogP contribution is -2.56. The van der Waals surface area contributed by atoms with Gasteiger partial charge in [0.05, 0.1) is 0 Å². The maximum absolute atomic E-state index is 4.08. The molecule has 2 unspecified atom stereocenters. The normalized spacial score (nSPS) is 29.4. The summed E-state index contributed by atoms with van der Waals surface area (Å²) in [6.07, 6.45) is 7.80. The summed E-state index contributed by atoms with van der Waals surface area (Å²) in [5.74, 6) is 0.959. The van der Waals surface area contributed by atoms with Crippen molar-refractivity contribution in [3.8, 4) is 0 Å². The lowest BCUT2D eigenvalue weighted by atomic mass is 10.1. The standard InChI is InChI=1S/C15H23N3/c1-12-10-17-15(14-2-3-14)11-18(12)9-6-13-4-7-16-8-5-13/h4-5,7-8,12,14-15,17H,2-3,6,9-11H2,1H3. The Morgan fingerprint density at radius 3 is 2.83 bits per heavy atom. The van der Waals surface area contributed by atoms with Gasteiger partial charge in [0.25, 0.3) is 0 Å². The van der Waals surface area contributed by atoms with Crippen LogP contribution < -0.4 is 5.32 Å². The smallest absolute Gasteiger partial charge is 0.0270 e. The van der Waals surface area contributed by atoms with Crippen LogP contribution in [0.1, 0.15) is 25.3 Å². The minimum Gasteiger partial charge on any atom is -0.311 e. The SMILES string of the molecule is CC1CNC(C2CC2)CN1CCc1ccncc1. The summed E-state index contributed by atoms with van der Waals surface area (Å²) in [4.78, 5) is 6.73. The summed E-state index contributed by atoms with van der Waals surface area (Å²) >= 11 is 0. The van der Waals surface area contributed by atoms with Crippen LogP contribution in [-0.2, 0) is 6.42 Å². The maximum Gasteiger partial charge on any atom is 0.0270 e. The first-order chi connectivity index (χ1) is 8.83. The molecule has 98 valence electrons. The summed E-state index contributed by atoms with van der Waals surface area (Å²) < 4.78 is 0. The number of hydrogen-bond donors (Lipinski definition) is 1. The van der Waals surface area contributed by atoms with Crippen LogP contribution in [0.25, 0.3) is 0 Å². The van der Waals surface area contributed by atoms with Gasteiger partial charge in [0, 0.05) is 44.1 Å². The third-order valence-electron chi connectivity index (χ3n) is 4.36. The molecule has 2 atom stereocenters. The highest BCUT2D eigenvalue weighted by atomic mass is 15.2. The molecule has 1 saturated heterocycles. The summed E-state index contributed by atoms with van der Waals surface area (Å²) in [6.45, 7) is 5.90. The van der Waals surface area contributed by atoms with E-state index in [-0.39, 0.29) is 0 Å². The molecule has 2 heterocycles. The first kappa shape index (κ1) is 12.1. The van der Waals surface area contributed by atoms with E-state index >= 15 is 0 Å². The fourth-order valence-corrected chi connectivity index (χ4v) is 2.90. The Bertz CT molecular complexity index is 375. The van der Waals surface area contributed by atoms with E-state index in [4.69, 9.17) is 0 Å². The molecule has 0 spiro atoms. The van der Waals surface area contributed by atoms with E-state index in [1.165, 1.54) is 31.5 Å². The average molecular weight is 245 g/mol. The first-order valence-corrected chi connectivity index (χ1v) is 7.19. The fourth-order valence-electron chi connectivity index (χ4n) is 2.90. The molecule has 2 fully saturated rings. The van der Waals surface area contributed by atoms with Crippen molar-refractivity contribution in [3.63, 3.8) is 0 Å². The van der Waals surface area contributed by atoms with E-state index in [0.717, 1.165) is 24.9 Å². The van der Waals surface area contributed by atoms with Crippen molar-refractivity contribution in [1.29, 1.82) is 0 Å². The lowest BCUT2D eigenvalue weighted by molar-refractivity contribution is 0.134. The molecule has 2 aliphatic rings. The third-order valence-corrected chi connectivity index (χ3v) is 4.36. The van der Waals surface area contributed by atoms with Crippen LogP contribution in [0.3, 0.4) is 0 Å². The number of rotatable bonds is 4. The van der Waals surface area contributed by atoms with Gasteiger partial charge in [-0.25, -0.2) is 0 Å². The van der Waals surface area contributed by atoms with Gasteiger partial charge >= 0.3 is 0 Å². The van der Waals surface area contributed by atoms with Crippen molar-refractivity contribution < 1.29 is 0 Å². The topological polar surface area (TPSA) is 28.2 Å². The Labute approximate surface area is 110 Å². The fraction of sp³-hybridized carbons (Fsp3) is 0.667. The molecule has 3 nitrogen and oxygen atoms in total. The highest BCUT2D eigenvalue weighted by Gasteiger charge is 2.35. The number of pyridine rings is 1. The molecule has 0 aromatic carbocycles.